The lowest BCUT2D eigenvalue weighted by Crippen LogP contribution is -2.24. The number of hydrogen-bond donors (Lipinski definition) is 2. The summed E-state index contributed by atoms with van der Waals surface area (Å²) in [6, 6.07) is 8.07. The van der Waals surface area contributed by atoms with Crippen molar-refractivity contribution in [3.63, 3.8) is 0 Å². The van der Waals surface area contributed by atoms with Crippen LogP contribution in [0.1, 0.15) is 26.7 Å². The maximum atomic E-state index is 11.6. The first-order valence-corrected chi connectivity index (χ1v) is 6.66. The molecule has 0 saturated heterocycles. The maximum Gasteiger partial charge on any atom is 0.224 e. The number of hydrogen-bond acceptors (Lipinski definition) is 2. The number of carbonyl (C=O) groups excluding carboxylic acids is 1. The number of nitrogens with one attached hydrogen (secondary N) is 2. The number of carbonyl (C=O) groups is 1. The molecule has 0 aliphatic heterocycles. The molecule has 94 valence electrons. The summed E-state index contributed by atoms with van der Waals surface area (Å²) in [5.41, 5.74) is 0.843. The molecule has 2 N–H and O–H groups in total. The van der Waals surface area contributed by atoms with Crippen LogP contribution in [0.5, 0.6) is 0 Å². The first kappa shape index (κ1) is 14.2. The van der Waals surface area contributed by atoms with Crippen molar-refractivity contribution >= 4 is 27.5 Å². The molecule has 3 nitrogen and oxygen atoms in total. The summed E-state index contributed by atoms with van der Waals surface area (Å²) in [5, 5.41) is 6.16. The molecule has 1 amide bonds. The number of amides is 1. The first-order chi connectivity index (χ1) is 8.08. The van der Waals surface area contributed by atoms with Crippen molar-refractivity contribution in [3.05, 3.63) is 28.7 Å². The van der Waals surface area contributed by atoms with E-state index in [-0.39, 0.29) is 5.91 Å². The van der Waals surface area contributed by atoms with E-state index in [4.69, 9.17) is 0 Å². The first-order valence-electron chi connectivity index (χ1n) is 5.86. The Morgan fingerprint density at radius 1 is 1.29 bits per heavy atom. The Kier molecular flexibility index (Phi) is 6.22. The number of benzene rings is 1. The normalized spacial score (nSPS) is 10.6. The summed E-state index contributed by atoms with van der Waals surface area (Å²) in [5.74, 6) is 0.0675. The largest absolute Gasteiger partial charge is 0.326 e. The molecule has 1 aromatic rings. The number of anilines is 1. The molecular formula is C13H19BrN2O. The maximum absolute atomic E-state index is 11.6. The Bertz CT molecular complexity index is 349. The van der Waals surface area contributed by atoms with Gasteiger partial charge < -0.3 is 10.6 Å². The van der Waals surface area contributed by atoms with E-state index in [2.05, 4.69) is 40.4 Å². The van der Waals surface area contributed by atoms with Crippen LogP contribution in [0.2, 0.25) is 0 Å². The van der Waals surface area contributed by atoms with E-state index in [0.29, 0.717) is 12.5 Å². The molecule has 17 heavy (non-hydrogen) atoms. The van der Waals surface area contributed by atoms with E-state index < -0.39 is 0 Å². The van der Waals surface area contributed by atoms with E-state index in [1.54, 1.807) is 0 Å². The summed E-state index contributed by atoms with van der Waals surface area (Å²) in [4.78, 5) is 11.6. The predicted molar refractivity (Wildman–Crippen MR) is 75.1 cm³/mol. The van der Waals surface area contributed by atoms with Gasteiger partial charge in [-0.25, -0.2) is 0 Å². The van der Waals surface area contributed by atoms with Gasteiger partial charge in [0.2, 0.25) is 5.91 Å². The molecule has 4 heteroatoms. The molecule has 0 aliphatic rings. The van der Waals surface area contributed by atoms with Gasteiger partial charge in [-0.3, -0.25) is 4.79 Å². The predicted octanol–water partition coefficient (Wildman–Crippen LogP) is 3.17. The van der Waals surface area contributed by atoms with Crippen LogP contribution in [0.25, 0.3) is 0 Å². The van der Waals surface area contributed by atoms with E-state index in [0.717, 1.165) is 23.1 Å². The average Bonchev–Trinajstić information content (AvgIpc) is 2.27. The second kappa shape index (κ2) is 7.45. The van der Waals surface area contributed by atoms with Crippen LogP contribution in [0.3, 0.4) is 0 Å². The monoisotopic (exact) mass is 298 g/mol. The summed E-state index contributed by atoms with van der Waals surface area (Å²) in [6.45, 7) is 5.08. The summed E-state index contributed by atoms with van der Waals surface area (Å²) >= 11 is 3.36. The third-order valence-corrected chi connectivity index (χ3v) is 2.79. The Hall–Kier alpha value is -0.870. The van der Waals surface area contributed by atoms with E-state index in [1.807, 2.05) is 24.3 Å². The summed E-state index contributed by atoms with van der Waals surface area (Å²) in [6.07, 6.45) is 1.41. The van der Waals surface area contributed by atoms with Crippen molar-refractivity contribution in [2.75, 3.05) is 11.9 Å². The fraction of sp³-hybridized carbons (Fsp3) is 0.462. The van der Waals surface area contributed by atoms with Crippen LogP contribution in [-0.4, -0.2) is 18.5 Å². The van der Waals surface area contributed by atoms with Gasteiger partial charge in [0.15, 0.2) is 0 Å². The van der Waals surface area contributed by atoms with Crippen molar-refractivity contribution in [1.29, 1.82) is 0 Å². The fourth-order valence-electron chi connectivity index (χ4n) is 1.40. The van der Waals surface area contributed by atoms with Gasteiger partial charge in [-0.15, -0.1) is 0 Å². The van der Waals surface area contributed by atoms with Crippen LogP contribution in [-0.2, 0) is 4.79 Å². The molecule has 0 aliphatic carbocycles. The van der Waals surface area contributed by atoms with Crippen molar-refractivity contribution in [2.24, 2.45) is 0 Å². The lowest BCUT2D eigenvalue weighted by atomic mass is 10.2. The molecule has 0 saturated carbocycles. The van der Waals surface area contributed by atoms with E-state index in [9.17, 15) is 4.79 Å². The van der Waals surface area contributed by atoms with E-state index >= 15 is 0 Å². The molecule has 0 fully saturated rings. The highest BCUT2D eigenvalue weighted by molar-refractivity contribution is 9.10. The molecule has 0 unspecified atom stereocenters. The van der Waals surface area contributed by atoms with Crippen molar-refractivity contribution < 1.29 is 4.79 Å². The van der Waals surface area contributed by atoms with E-state index in [1.165, 1.54) is 0 Å². The van der Waals surface area contributed by atoms with Crippen molar-refractivity contribution in [1.82, 2.24) is 5.32 Å². The average molecular weight is 299 g/mol. The van der Waals surface area contributed by atoms with Crippen LogP contribution in [0.15, 0.2) is 28.7 Å². The number of rotatable bonds is 6. The number of halogens is 1. The molecule has 0 heterocycles. The van der Waals surface area contributed by atoms with Crippen LogP contribution in [0, 0.1) is 0 Å². The SMILES string of the molecule is CC(C)NCCCC(=O)Nc1ccc(Br)cc1. The zero-order valence-corrected chi connectivity index (χ0v) is 11.9. The topological polar surface area (TPSA) is 41.1 Å². The molecular weight excluding hydrogens is 280 g/mol. The molecule has 0 radical (unpaired) electrons. The second-order valence-electron chi connectivity index (χ2n) is 4.27. The summed E-state index contributed by atoms with van der Waals surface area (Å²) in [7, 11) is 0. The smallest absolute Gasteiger partial charge is 0.224 e. The molecule has 0 spiro atoms. The van der Waals surface area contributed by atoms with Gasteiger partial charge >= 0.3 is 0 Å². The quantitative estimate of drug-likeness (QED) is 0.792. The second-order valence-corrected chi connectivity index (χ2v) is 5.18. The van der Waals surface area contributed by atoms with Gasteiger partial charge in [-0.05, 0) is 37.2 Å². The van der Waals surface area contributed by atoms with Gasteiger partial charge in [0.25, 0.3) is 0 Å². The Morgan fingerprint density at radius 3 is 2.53 bits per heavy atom. The highest BCUT2D eigenvalue weighted by Crippen LogP contribution is 2.14. The molecule has 0 bridgehead atoms. The highest BCUT2D eigenvalue weighted by atomic mass is 79.9. The minimum absolute atomic E-state index is 0.0675. The van der Waals surface area contributed by atoms with Gasteiger partial charge in [0.05, 0.1) is 0 Å². The Morgan fingerprint density at radius 2 is 1.94 bits per heavy atom. The standard InChI is InChI=1S/C13H19BrN2O/c1-10(2)15-9-3-4-13(17)16-12-7-5-11(14)6-8-12/h5-8,10,15H,3-4,9H2,1-2H3,(H,16,17). The van der Waals surface area contributed by atoms with Crippen LogP contribution in [0.4, 0.5) is 5.69 Å². The lowest BCUT2D eigenvalue weighted by Gasteiger charge is -2.08. The lowest BCUT2D eigenvalue weighted by molar-refractivity contribution is -0.116. The van der Waals surface area contributed by atoms with Crippen LogP contribution < -0.4 is 10.6 Å². The van der Waals surface area contributed by atoms with Crippen molar-refractivity contribution in [2.45, 2.75) is 32.7 Å². The Labute approximate surface area is 111 Å². The minimum Gasteiger partial charge on any atom is -0.326 e. The molecule has 1 aromatic carbocycles. The zero-order chi connectivity index (χ0) is 12.7. The third kappa shape index (κ3) is 6.44. The molecule has 0 aromatic heterocycles. The third-order valence-electron chi connectivity index (χ3n) is 2.26. The van der Waals surface area contributed by atoms with Gasteiger partial charge in [0, 0.05) is 22.6 Å². The van der Waals surface area contributed by atoms with Gasteiger partial charge in [-0.1, -0.05) is 29.8 Å². The molecule has 1 rings (SSSR count). The van der Waals surface area contributed by atoms with Crippen molar-refractivity contribution in [3.8, 4) is 0 Å². The zero-order valence-electron chi connectivity index (χ0n) is 10.3. The summed E-state index contributed by atoms with van der Waals surface area (Å²) < 4.78 is 1.01. The minimum atomic E-state index is 0.0675. The van der Waals surface area contributed by atoms with Gasteiger partial charge in [-0.2, -0.15) is 0 Å². The van der Waals surface area contributed by atoms with Gasteiger partial charge in [0.1, 0.15) is 0 Å². The highest BCUT2D eigenvalue weighted by Gasteiger charge is 2.02. The fourth-order valence-corrected chi connectivity index (χ4v) is 1.66. The molecule has 0 atom stereocenters. The van der Waals surface area contributed by atoms with Crippen LogP contribution >= 0.6 is 15.9 Å². The Balaban J connectivity index is 2.23.